The van der Waals surface area contributed by atoms with Gasteiger partial charge in [0.25, 0.3) is 0 Å². The molecule has 2 N–H and O–H groups in total. The Balaban J connectivity index is 4.44. The highest BCUT2D eigenvalue weighted by molar-refractivity contribution is 7.90. The monoisotopic (exact) mass is 249 g/mol. The summed E-state index contributed by atoms with van der Waals surface area (Å²) in [5.74, 6) is 0.133. The SMILES string of the molecule is C=C(C(C)C)C(O)CNS(=O)(=O)C(C)(C)C. The van der Waals surface area contributed by atoms with Crippen LogP contribution in [0.4, 0.5) is 0 Å². The summed E-state index contributed by atoms with van der Waals surface area (Å²) < 4.78 is 24.9. The average molecular weight is 249 g/mol. The van der Waals surface area contributed by atoms with Gasteiger partial charge in [-0.2, -0.15) is 0 Å². The zero-order valence-electron chi connectivity index (χ0n) is 10.7. The normalized spacial score (nSPS) is 15.2. The zero-order valence-corrected chi connectivity index (χ0v) is 11.6. The molecule has 0 aliphatic carbocycles. The van der Waals surface area contributed by atoms with Gasteiger partial charge in [-0.1, -0.05) is 20.4 Å². The molecule has 0 fully saturated rings. The molecule has 4 nitrogen and oxygen atoms in total. The molecule has 0 aliphatic heterocycles. The van der Waals surface area contributed by atoms with Gasteiger partial charge in [-0.15, -0.1) is 0 Å². The van der Waals surface area contributed by atoms with E-state index in [1.54, 1.807) is 20.8 Å². The molecule has 0 aliphatic rings. The smallest absolute Gasteiger partial charge is 0.216 e. The molecule has 0 heterocycles. The highest BCUT2D eigenvalue weighted by Gasteiger charge is 2.29. The fraction of sp³-hybridized carbons (Fsp3) is 0.818. The molecule has 0 bridgehead atoms. The van der Waals surface area contributed by atoms with E-state index in [1.165, 1.54) is 0 Å². The van der Waals surface area contributed by atoms with Crippen LogP contribution in [0.3, 0.4) is 0 Å². The largest absolute Gasteiger partial charge is 0.387 e. The van der Waals surface area contributed by atoms with E-state index in [1.807, 2.05) is 13.8 Å². The first-order valence-corrected chi connectivity index (χ1v) is 6.83. The van der Waals surface area contributed by atoms with E-state index in [2.05, 4.69) is 11.3 Å². The Kier molecular flexibility index (Phi) is 5.16. The summed E-state index contributed by atoms with van der Waals surface area (Å²) in [4.78, 5) is 0. The Morgan fingerprint density at radius 2 is 1.81 bits per heavy atom. The lowest BCUT2D eigenvalue weighted by Gasteiger charge is -2.22. The number of nitrogens with one attached hydrogen (secondary N) is 1. The van der Waals surface area contributed by atoms with Crippen molar-refractivity contribution < 1.29 is 13.5 Å². The van der Waals surface area contributed by atoms with Gasteiger partial charge < -0.3 is 5.11 Å². The third-order valence-corrected chi connectivity index (χ3v) is 4.60. The van der Waals surface area contributed by atoms with Crippen LogP contribution in [-0.4, -0.2) is 30.9 Å². The van der Waals surface area contributed by atoms with Crippen LogP contribution >= 0.6 is 0 Å². The molecule has 96 valence electrons. The van der Waals surface area contributed by atoms with Gasteiger partial charge in [-0.25, -0.2) is 13.1 Å². The second-order valence-corrected chi connectivity index (χ2v) is 7.73. The van der Waals surface area contributed by atoms with Crippen LogP contribution in [0.25, 0.3) is 0 Å². The van der Waals surface area contributed by atoms with E-state index in [0.29, 0.717) is 5.57 Å². The minimum Gasteiger partial charge on any atom is -0.387 e. The Morgan fingerprint density at radius 3 is 2.12 bits per heavy atom. The van der Waals surface area contributed by atoms with Crippen LogP contribution in [0.15, 0.2) is 12.2 Å². The Morgan fingerprint density at radius 1 is 1.38 bits per heavy atom. The molecular weight excluding hydrogens is 226 g/mol. The third-order valence-electron chi connectivity index (χ3n) is 2.44. The number of aliphatic hydroxyl groups excluding tert-OH is 1. The minimum atomic E-state index is -3.40. The average Bonchev–Trinajstić information content (AvgIpc) is 2.11. The number of sulfonamides is 1. The quantitative estimate of drug-likeness (QED) is 0.721. The predicted octanol–water partition coefficient (Wildman–Crippen LogP) is 1.28. The van der Waals surface area contributed by atoms with Gasteiger partial charge in [-0.3, -0.25) is 0 Å². The molecule has 0 amide bonds. The first-order valence-electron chi connectivity index (χ1n) is 5.35. The number of hydrogen-bond acceptors (Lipinski definition) is 3. The van der Waals surface area contributed by atoms with E-state index in [-0.39, 0.29) is 12.5 Å². The molecule has 0 aromatic carbocycles. The van der Waals surface area contributed by atoms with Crippen molar-refractivity contribution in [2.45, 2.75) is 45.5 Å². The van der Waals surface area contributed by atoms with Crippen molar-refractivity contribution in [1.82, 2.24) is 4.72 Å². The predicted molar refractivity (Wildman–Crippen MR) is 66.7 cm³/mol. The molecule has 0 aromatic heterocycles. The second kappa shape index (κ2) is 5.29. The van der Waals surface area contributed by atoms with Crippen molar-refractivity contribution in [3.63, 3.8) is 0 Å². The van der Waals surface area contributed by atoms with Crippen molar-refractivity contribution in [2.24, 2.45) is 5.92 Å². The van der Waals surface area contributed by atoms with Crippen molar-refractivity contribution in [1.29, 1.82) is 0 Å². The summed E-state index contributed by atoms with van der Waals surface area (Å²) in [5.41, 5.74) is 0.636. The summed E-state index contributed by atoms with van der Waals surface area (Å²) in [6.45, 7) is 12.4. The Bertz CT molecular complexity index is 339. The van der Waals surface area contributed by atoms with Crippen molar-refractivity contribution in [2.75, 3.05) is 6.54 Å². The molecule has 5 heteroatoms. The van der Waals surface area contributed by atoms with Crippen molar-refractivity contribution >= 4 is 10.0 Å². The molecule has 1 atom stereocenters. The molecule has 0 radical (unpaired) electrons. The van der Waals surface area contributed by atoms with E-state index in [4.69, 9.17) is 0 Å². The molecule has 16 heavy (non-hydrogen) atoms. The van der Waals surface area contributed by atoms with Crippen LogP contribution in [0.1, 0.15) is 34.6 Å². The van der Waals surface area contributed by atoms with Gasteiger partial charge in [0.2, 0.25) is 10.0 Å². The lowest BCUT2D eigenvalue weighted by Crippen LogP contribution is -2.43. The van der Waals surface area contributed by atoms with Gasteiger partial charge >= 0.3 is 0 Å². The molecule has 0 saturated heterocycles. The second-order valence-electron chi connectivity index (χ2n) is 5.21. The van der Waals surface area contributed by atoms with Gasteiger partial charge in [0.15, 0.2) is 0 Å². The maximum atomic E-state index is 11.7. The standard InChI is InChI=1S/C11H23NO3S/c1-8(2)9(3)10(13)7-12-16(14,15)11(4,5)6/h8,10,12-13H,3,7H2,1-2,4-6H3. The van der Waals surface area contributed by atoms with Gasteiger partial charge in [0.1, 0.15) is 0 Å². The molecular formula is C11H23NO3S. The maximum Gasteiger partial charge on any atom is 0.216 e. The van der Waals surface area contributed by atoms with Crippen LogP contribution in [-0.2, 0) is 10.0 Å². The number of aliphatic hydroxyl groups is 1. The maximum absolute atomic E-state index is 11.7. The van der Waals surface area contributed by atoms with Gasteiger partial charge in [-0.05, 0) is 32.3 Å². The topological polar surface area (TPSA) is 66.4 Å². The Hall–Kier alpha value is -0.390. The van der Waals surface area contributed by atoms with Crippen LogP contribution in [0.2, 0.25) is 0 Å². The minimum absolute atomic E-state index is 0.0172. The molecule has 0 spiro atoms. The number of rotatable bonds is 5. The lowest BCUT2D eigenvalue weighted by molar-refractivity contribution is 0.204. The van der Waals surface area contributed by atoms with Gasteiger partial charge in [0.05, 0.1) is 10.9 Å². The van der Waals surface area contributed by atoms with E-state index < -0.39 is 20.9 Å². The lowest BCUT2D eigenvalue weighted by atomic mass is 10.00. The first-order chi connectivity index (χ1) is 6.99. The highest BCUT2D eigenvalue weighted by Crippen LogP contribution is 2.15. The first kappa shape index (κ1) is 15.6. The van der Waals surface area contributed by atoms with Crippen molar-refractivity contribution in [3.8, 4) is 0 Å². The van der Waals surface area contributed by atoms with Gasteiger partial charge in [0, 0.05) is 6.54 Å². The molecule has 0 rings (SSSR count). The fourth-order valence-electron chi connectivity index (χ4n) is 0.921. The summed E-state index contributed by atoms with van der Waals surface area (Å²) in [5, 5.41) is 9.69. The highest BCUT2D eigenvalue weighted by atomic mass is 32.2. The fourth-order valence-corrected chi connectivity index (χ4v) is 1.73. The van der Waals surface area contributed by atoms with Crippen LogP contribution in [0, 0.1) is 5.92 Å². The third kappa shape index (κ3) is 4.23. The summed E-state index contributed by atoms with van der Waals surface area (Å²) in [6, 6.07) is 0. The Labute approximate surface area is 98.8 Å². The van der Waals surface area contributed by atoms with E-state index in [9.17, 15) is 13.5 Å². The van der Waals surface area contributed by atoms with Crippen LogP contribution in [0.5, 0.6) is 0 Å². The molecule has 1 unspecified atom stereocenters. The summed E-state index contributed by atoms with van der Waals surface area (Å²) in [7, 11) is -3.40. The van der Waals surface area contributed by atoms with Crippen LogP contribution < -0.4 is 4.72 Å². The van der Waals surface area contributed by atoms with E-state index in [0.717, 1.165) is 0 Å². The van der Waals surface area contributed by atoms with E-state index >= 15 is 0 Å². The molecule has 0 saturated carbocycles. The zero-order chi connectivity index (χ0) is 13.1. The summed E-state index contributed by atoms with van der Waals surface area (Å²) in [6.07, 6.45) is -0.836. The molecule has 0 aromatic rings. The summed E-state index contributed by atoms with van der Waals surface area (Å²) >= 11 is 0. The number of hydrogen-bond donors (Lipinski definition) is 2. The van der Waals surface area contributed by atoms with Crippen molar-refractivity contribution in [3.05, 3.63) is 12.2 Å².